The van der Waals surface area contributed by atoms with Crippen LogP contribution in [-0.4, -0.2) is 15.0 Å². The maximum absolute atomic E-state index is 4.47. The lowest BCUT2D eigenvalue weighted by molar-refractivity contribution is -0.577. The Morgan fingerprint density at radius 3 is 2.64 bits per heavy atom. The summed E-state index contributed by atoms with van der Waals surface area (Å²) in [4.78, 5) is 0. The van der Waals surface area contributed by atoms with E-state index in [0.717, 1.165) is 29.9 Å². The van der Waals surface area contributed by atoms with Crippen molar-refractivity contribution < 1.29 is 4.57 Å². The predicted octanol–water partition coefficient (Wildman–Crippen LogP) is 4.07. The number of hydrogen-bond donors (Lipinski definition) is 0. The highest BCUT2D eigenvalue weighted by atomic mass is 15.4. The van der Waals surface area contributed by atoms with Gasteiger partial charge in [0.1, 0.15) is 0 Å². The lowest BCUT2D eigenvalue weighted by Crippen LogP contribution is -2.48. The van der Waals surface area contributed by atoms with Crippen LogP contribution in [0.5, 0.6) is 0 Å². The Balaban J connectivity index is 2.00. The monoisotopic (exact) mass is 331 g/mol. The standard InChI is InChI=1S/C21H23N4/c1-5-21(6-2)16(4)24-12-8-7-9-20(24)18-13-17(10-11-19(18)21)25-14-15(3)22-23-25/h7-14H,4-6H2,1-3H3/q+1. The number of pyridine rings is 1. The minimum absolute atomic E-state index is 0.0365. The molecule has 0 unspecified atom stereocenters. The summed E-state index contributed by atoms with van der Waals surface area (Å²) in [5.74, 6) is 0. The van der Waals surface area contributed by atoms with Gasteiger partial charge in [0.15, 0.2) is 11.9 Å². The molecule has 0 bridgehead atoms. The van der Waals surface area contributed by atoms with E-state index in [1.807, 2.05) is 17.8 Å². The van der Waals surface area contributed by atoms with Crippen molar-refractivity contribution in [3.63, 3.8) is 0 Å². The Bertz CT molecular complexity index is 964. The lowest BCUT2D eigenvalue weighted by Gasteiger charge is -2.35. The first-order valence-electron chi connectivity index (χ1n) is 8.85. The fraction of sp³-hybridized carbons (Fsp3) is 0.286. The number of allylic oxidation sites excluding steroid dienone is 1. The average molecular weight is 331 g/mol. The summed E-state index contributed by atoms with van der Waals surface area (Å²) in [6.45, 7) is 10.9. The molecule has 0 fully saturated rings. The maximum atomic E-state index is 4.47. The predicted molar refractivity (Wildman–Crippen MR) is 99.3 cm³/mol. The zero-order valence-electron chi connectivity index (χ0n) is 15.0. The van der Waals surface area contributed by atoms with Gasteiger partial charge in [0.2, 0.25) is 5.69 Å². The average Bonchev–Trinajstić information content (AvgIpc) is 3.09. The van der Waals surface area contributed by atoms with Gasteiger partial charge in [-0.2, -0.15) is 4.57 Å². The Morgan fingerprint density at radius 1 is 1.16 bits per heavy atom. The van der Waals surface area contributed by atoms with Crippen LogP contribution in [0, 0.1) is 6.92 Å². The second-order valence-corrected chi connectivity index (χ2v) is 6.73. The highest BCUT2D eigenvalue weighted by Gasteiger charge is 2.45. The number of nitrogens with zero attached hydrogens (tertiary/aromatic N) is 4. The molecule has 0 saturated heterocycles. The SMILES string of the molecule is C=C1[n+]2ccccc2-c2cc(-n3cc(C)nn3)ccc2C1(CC)CC. The van der Waals surface area contributed by atoms with Crippen LogP contribution >= 0.6 is 0 Å². The second-order valence-electron chi connectivity index (χ2n) is 6.73. The molecule has 0 aliphatic carbocycles. The first-order chi connectivity index (χ1) is 12.1. The van der Waals surface area contributed by atoms with Crippen LogP contribution in [0.4, 0.5) is 0 Å². The molecule has 4 heteroatoms. The molecule has 0 spiro atoms. The van der Waals surface area contributed by atoms with Crippen molar-refractivity contribution >= 4 is 5.70 Å². The first-order valence-corrected chi connectivity index (χ1v) is 8.85. The summed E-state index contributed by atoms with van der Waals surface area (Å²) in [7, 11) is 0. The molecular formula is C21H23N4+. The molecule has 0 atom stereocenters. The van der Waals surface area contributed by atoms with Gasteiger partial charge in [-0.1, -0.05) is 25.1 Å². The van der Waals surface area contributed by atoms with Crippen molar-refractivity contribution in [1.29, 1.82) is 0 Å². The van der Waals surface area contributed by atoms with Crippen LogP contribution in [0.1, 0.15) is 37.9 Å². The normalized spacial score (nSPS) is 14.9. The van der Waals surface area contributed by atoms with E-state index in [1.54, 1.807) is 0 Å². The number of aryl methyl sites for hydroxylation is 1. The van der Waals surface area contributed by atoms with Gasteiger partial charge >= 0.3 is 0 Å². The van der Waals surface area contributed by atoms with Gasteiger partial charge in [-0.3, -0.25) is 0 Å². The Morgan fingerprint density at radius 2 is 1.96 bits per heavy atom. The van der Waals surface area contributed by atoms with Crippen molar-refractivity contribution in [1.82, 2.24) is 15.0 Å². The Kier molecular flexibility index (Phi) is 3.57. The summed E-state index contributed by atoms with van der Waals surface area (Å²) >= 11 is 0. The van der Waals surface area contributed by atoms with Crippen molar-refractivity contribution in [2.24, 2.45) is 0 Å². The molecule has 1 aliphatic heterocycles. The van der Waals surface area contributed by atoms with E-state index in [4.69, 9.17) is 0 Å². The van der Waals surface area contributed by atoms with Gasteiger partial charge in [0, 0.05) is 12.1 Å². The smallest absolute Gasteiger partial charge is 0.218 e. The summed E-state index contributed by atoms with van der Waals surface area (Å²) in [6, 6.07) is 12.9. The van der Waals surface area contributed by atoms with Crippen LogP contribution in [0.25, 0.3) is 22.6 Å². The van der Waals surface area contributed by atoms with Gasteiger partial charge in [0.05, 0.1) is 28.6 Å². The zero-order valence-corrected chi connectivity index (χ0v) is 15.0. The van der Waals surface area contributed by atoms with Crippen LogP contribution in [-0.2, 0) is 5.41 Å². The van der Waals surface area contributed by atoms with Gasteiger partial charge < -0.3 is 0 Å². The summed E-state index contributed by atoms with van der Waals surface area (Å²) in [6.07, 6.45) is 6.12. The van der Waals surface area contributed by atoms with Crippen molar-refractivity contribution in [2.45, 2.75) is 39.0 Å². The second kappa shape index (κ2) is 5.66. The highest BCUT2D eigenvalue weighted by molar-refractivity contribution is 5.74. The molecule has 4 nitrogen and oxygen atoms in total. The molecule has 0 radical (unpaired) electrons. The van der Waals surface area contributed by atoms with Crippen molar-refractivity contribution in [3.8, 4) is 16.9 Å². The molecule has 3 aromatic rings. The number of benzene rings is 1. The summed E-state index contributed by atoms with van der Waals surface area (Å²) in [5.41, 5.74) is 6.85. The molecule has 4 rings (SSSR count). The Hall–Kier alpha value is -2.75. The third-order valence-electron chi connectivity index (χ3n) is 5.58. The zero-order chi connectivity index (χ0) is 17.6. The maximum Gasteiger partial charge on any atom is 0.218 e. The molecular weight excluding hydrogens is 308 g/mol. The number of fused-ring (bicyclic) bond motifs is 3. The molecule has 0 N–H and O–H groups in total. The van der Waals surface area contributed by atoms with Crippen LogP contribution < -0.4 is 4.57 Å². The molecule has 0 saturated carbocycles. The fourth-order valence-electron chi connectivity index (χ4n) is 4.10. The van der Waals surface area contributed by atoms with E-state index in [1.165, 1.54) is 16.8 Å². The highest BCUT2D eigenvalue weighted by Crippen LogP contribution is 2.46. The van der Waals surface area contributed by atoms with Gasteiger partial charge in [-0.15, -0.1) is 5.10 Å². The van der Waals surface area contributed by atoms with Crippen LogP contribution in [0.15, 0.2) is 55.4 Å². The van der Waals surface area contributed by atoms with Crippen LogP contribution in [0.2, 0.25) is 0 Å². The van der Waals surface area contributed by atoms with Gasteiger partial charge in [-0.05, 0) is 50.1 Å². The third-order valence-corrected chi connectivity index (χ3v) is 5.58. The quantitative estimate of drug-likeness (QED) is 0.678. The fourth-order valence-corrected chi connectivity index (χ4v) is 4.10. The molecule has 0 amide bonds. The third kappa shape index (κ3) is 2.17. The van der Waals surface area contributed by atoms with E-state index in [-0.39, 0.29) is 5.41 Å². The Labute approximate surface area is 148 Å². The van der Waals surface area contributed by atoms with Crippen molar-refractivity contribution in [3.05, 3.63) is 66.6 Å². The van der Waals surface area contributed by atoms with Gasteiger partial charge in [0.25, 0.3) is 0 Å². The molecule has 2 aromatic heterocycles. The minimum atomic E-state index is -0.0365. The van der Waals surface area contributed by atoms with Crippen LogP contribution in [0.3, 0.4) is 0 Å². The summed E-state index contributed by atoms with van der Waals surface area (Å²) in [5, 5.41) is 8.34. The van der Waals surface area contributed by atoms with E-state index in [0.29, 0.717) is 0 Å². The van der Waals surface area contributed by atoms with Crippen molar-refractivity contribution in [2.75, 3.05) is 0 Å². The topological polar surface area (TPSA) is 34.6 Å². The largest absolute Gasteiger partial charge is 0.220 e. The number of aromatic nitrogens is 4. The van der Waals surface area contributed by atoms with E-state index in [2.05, 4.69) is 77.9 Å². The number of rotatable bonds is 3. The van der Waals surface area contributed by atoms with Gasteiger partial charge in [-0.25, -0.2) is 4.68 Å². The number of hydrogen-bond acceptors (Lipinski definition) is 2. The van der Waals surface area contributed by atoms with E-state index < -0.39 is 0 Å². The first kappa shape index (κ1) is 15.8. The molecule has 126 valence electrons. The molecule has 1 aromatic carbocycles. The minimum Gasteiger partial charge on any atom is -0.220 e. The molecule has 25 heavy (non-hydrogen) atoms. The molecule has 3 heterocycles. The van der Waals surface area contributed by atoms with E-state index in [9.17, 15) is 0 Å². The summed E-state index contributed by atoms with van der Waals surface area (Å²) < 4.78 is 4.08. The van der Waals surface area contributed by atoms with E-state index >= 15 is 0 Å². The molecule has 1 aliphatic rings. The lowest BCUT2D eigenvalue weighted by atomic mass is 9.69.